The zero-order chi connectivity index (χ0) is 16.8. The Bertz CT molecular complexity index is 543. The van der Waals surface area contributed by atoms with E-state index in [1.807, 2.05) is 0 Å². The second kappa shape index (κ2) is 8.15. The fourth-order valence-electron chi connectivity index (χ4n) is 4.59. The third-order valence-electron chi connectivity index (χ3n) is 6.09. The van der Waals surface area contributed by atoms with E-state index in [0.717, 1.165) is 26.1 Å². The first-order valence-electron chi connectivity index (χ1n) is 9.73. The average Bonchev–Trinajstić information content (AvgIpc) is 3.13. The molecule has 1 saturated heterocycles. The summed E-state index contributed by atoms with van der Waals surface area (Å²) in [4.78, 5) is 12.4. The molecular weight excluding hydrogens is 296 g/mol. The second-order valence-electron chi connectivity index (χ2n) is 7.83. The van der Waals surface area contributed by atoms with Gasteiger partial charge in [0, 0.05) is 18.4 Å². The van der Waals surface area contributed by atoms with E-state index >= 15 is 0 Å². The molecule has 3 rings (SSSR count). The van der Waals surface area contributed by atoms with Crippen molar-refractivity contribution in [3.63, 3.8) is 0 Å². The van der Waals surface area contributed by atoms with Gasteiger partial charge in [-0.3, -0.25) is 4.79 Å². The maximum Gasteiger partial charge on any atom is 0.220 e. The van der Waals surface area contributed by atoms with Gasteiger partial charge in [0.1, 0.15) is 0 Å². The largest absolute Gasteiger partial charge is 0.355 e. The lowest BCUT2D eigenvalue weighted by molar-refractivity contribution is -0.121. The Hall–Kier alpha value is -1.35. The van der Waals surface area contributed by atoms with Gasteiger partial charge in [0.05, 0.1) is 0 Å². The molecule has 1 aliphatic carbocycles. The van der Waals surface area contributed by atoms with Crippen LogP contribution in [-0.4, -0.2) is 25.5 Å². The molecule has 2 fully saturated rings. The third-order valence-corrected chi connectivity index (χ3v) is 6.09. The van der Waals surface area contributed by atoms with Crippen molar-refractivity contribution in [2.75, 3.05) is 19.6 Å². The van der Waals surface area contributed by atoms with E-state index in [9.17, 15) is 4.79 Å². The summed E-state index contributed by atoms with van der Waals surface area (Å²) in [5, 5.41) is 6.67. The molecule has 2 N–H and O–H groups in total. The van der Waals surface area contributed by atoms with Gasteiger partial charge in [0.25, 0.3) is 0 Å². The second-order valence-corrected chi connectivity index (χ2v) is 7.83. The zero-order valence-electron chi connectivity index (χ0n) is 15.1. The van der Waals surface area contributed by atoms with Crippen molar-refractivity contribution in [2.24, 2.45) is 5.92 Å². The van der Waals surface area contributed by atoms with Crippen LogP contribution in [0.4, 0.5) is 0 Å². The summed E-state index contributed by atoms with van der Waals surface area (Å²) in [6.07, 6.45) is 9.20. The molecule has 0 radical (unpaired) electrons. The van der Waals surface area contributed by atoms with Crippen molar-refractivity contribution in [1.29, 1.82) is 0 Å². The number of amides is 1. The number of hydrogen-bond acceptors (Lipinski definition) is 2. The fraction of sp³-hybridized carbons (Fsp3) is 0.667. The lowest BCUT2D eigenvalue weighted by atomic mass is 9.68. The van der Waals surface area contributed by atoms with E-state index < -0.39 is 0 Å². The Kier molecular flexibility index (Phi) is 5.94. The summed E-state index contributed by atoms with van der Waals surface area (Å²) in [5.41, 5.74) is 2.96. The zero-order valence-corrected chi connectivity index (χ0v) is 15.1. The maximum absolute atomic E-state index is 12.4. The predicted molar refractivity (Wildman–Crippen MR) is 99.2 cm³/mol. The van der Waals surface area contributed by atoms with Crippen LogP contribution >= 0.6 is 0 Å². The lowest BCUT2D eigenvalue weighted by Crippen LogP contribution is -2.42. The minimum Gasteiger partial charge on any atom is -0.355 e. The molecular formula is C21H32N2O. The molecule has 1 atom stereocenters. The van der Waals surface area contributed by atoms with Crippen LogP contribution in [0.5, 0.6) is 0 Å². The van der Waals surface area contributed by atoms with Gasteiger partial charge in [-0.25, -0.2) is 0 Å². The highest BCUT2D eigenvalue weighted by Gasteiger charge is 2.35. The number of benzene rings is 1. The molecule has 3 heteroatoms. The summed E-state index contributed by atoms with van der Waals surface area (Å²) < 4.78 is 0. The predicted octanol–water partition coefficient (Wildman–Crippen LogP) is 3.70. The Morgan fingerprint density at radius 1 is 1.25 bits per heavy atom. The van der Waals surface area contributed by atoms with Crippen LogP contribution < -0.4 is 10.6 Å². The van der Waals surface area contributed by atoms with Gasteiger partial charge in [-0.15, -0.1) is 0 Å². The van der Waals surface area contributed by atoms with Crippen LogP contribution in [0, 0.1) is 12.8 Å². The number of aryl methyl sites for hydroxylation is 1. The molecule has 1 amide bonds. The van der Waals surface area contributed by atoms with Gasteiger partial charge in [-0.1, -0.05) is 43.5 Å². The number of carbonyl (C=O) groups is 1. The monoisotopic (exact) mass is 328 g/mol. The van der Waals surface area contributed by atoms with Gasteiger partial charge in [0.2, 0.25) is 5.91 Å². The maximum atomic E-state index is 12.4. The minimum absolute atomic E-state index is 0.147. The van der Waals surface area contributed by atoms with E-state index in [4.69, 9.17) is 0 Å². The SMILES string of the molecule is Cc1ccccc1C1(CNC(=O)CCC2CCNC2)CCCCC1. The first-order valence-corrected chi connectivity index (χ1v) is 9.73. The van der Waals surface area contributed by atoms with Crippen LogP contribution in [0.15, 0.2) is 24.3 Å². The first-order chi connectivity index (χ1) is 11.7. The molecule has 1 unspecified atom stereocenters. The molecule has 132 valence electrons. The highest BCUT2D eigenvalue weighted by molar-refractivity contribution is 5.76. The van der Waals surface area contributed by atoms with Crippen LogP contribution in [0.3, 0.4) is 0 Å². The first kappa shape index (κ1) is 17.5. The highest BCUT2D eigenvalue weighted by atomic mass is 16.1. The molecule has 3 nitrogen and oxygen atoms in total. The minimum atomic E-state index is 0.147. The highest BCUT2D eigenvalue weighted by Crippen LogP contribution is 2.40. The summed E-state index contributed by atoms with van der Waals surface area (Å²) in [7, 11) is 0. The van der Waals surface area contributed by atoms with Gasteiger partial charge in [-0.2, -0.15) is 0 Å². The third kappa shape index (κ3) is 4.18. The molecule has 0 bridgehead atoms. The summed E-state index contributed by atoms with van der Waals surface area (Å²) in [6, 6.07) is 8.74. The van der Waals surface area contributed by atoms with Crippen LogP contribution in [0.2, 0.25) is 0 Å². The van der Waals surface area contributed by atoms with E-state index in [2.05, 4.69) is 41.8 Å². The summed E-state index contributed by atoms with van der Waals surface area (Å²) >= 11 is 0. The van der Waals surface area contributed by atoms with Crippen molar-refractivity contribution in [3.05, 3.63) is 35.4 Å². The molecule has 0 spiro atoms. The topological polar surface area (TPSA) is 41.1 Å². The van der Waals surface area contributed by atoms with E-state index in [1.165, 1.54) is 49.7 Å². The van der Waals surface area contributed by atoms with Crippen molar-refractivity contribution in [2.45, 2.75) is 63.7 Å². The quantitative estimate of drug-likeness (QED) is 0.836. The molecule has 1 heterocycles. The van der Waals surface area contributed by atoms with Crippen LogP contribution in [0.25, 0.3) is 0 Å². The van der Waals surface area contributed by atoms with E-state index in [-0.39, 0.29) is 11.3 Å². The number of rotatable bonds is 6. The van der Waals surface area contributed by atoms with Gasteiger partial charge < -0.3 is 10.6 Å². The van der Waals surface area contributed by atoms with E-state index in [0.29, 0.717) is 12.3 Å². The Morgan fingerprint density at radius 3 is 2.75 bits per heavy atom. The molecule has 1 aromatic rings. The normalized spacial score (nSPS) is 23.1. The van der Waals surface area contributed by atoms with Gasteiger partial charge in [-0.05, 0) is 62.7 Å². The van der Waals surface area contributed by atoms with Crippen molar-refractivity contribution < 1.29 is 4.79 Å². The van der Waals surface area contributed by atoms with Crippen molar-refractivity contribution in [3.8, 4) is 0 Å². The summed E-state index contributed by atoms with van der Waals surface area (Å²) in [6.45, 7) is 5.21. The van der Waals surface area contributed by atoms with Crippen LogP contribution in [0.1, 0.15) is 62.5 Å². The number of nitrogens with one attached hydrogen (secondary N) is 2. The van der Waals surface area contributed by atoms with E-state index in [1.54, 1.807) is 0 Å². The fourth-order valence-corrected chi connectivity index (χ4v) is 4.59. The Morgan fingerprint density at radius 2 is 2.04 bits per heavy atom. The Labute approximate surface area is 146 Å². The smallest absolute Gasteiger partial charge is 0.220 e. The molecule has 1 saturated carbocycles. The number of carbonyl (C=O) groups excluding carboxylic acids is 1. The Balaban J connectivity index is 1.60. The lowest BCUT2D eigenvalue weighted by Gasteiger charge is -2.39. The summed E-state index contributed by atoms with van der Waals surface area (Å²) in [5.74, 6) is 0.927. The molecule has 24 heavy (non-hydrogen) atoms. The van der Waals surface area contributed by atoms with Gasteiger partial charge in [0.15, 0.2) is 0 Å². The average molecular weight is 329 g/mol. The standard InChI is InChI=1S/C21H32N2O/c1-17-7-3-4-8-19(17)21(12-5-2-6-13-21)16-23-20(24)10-9-18-11-14-22-15-18/h3-4,7-8,18,22H,2,5-6,9-16H2,1H3,(H,23,24). The molecule has 1 aromatic carbocycles. The van der Waals surface area contributed by atoms with Crippen LogP contribution in [-0.2, 0) is 10.2 Å². The van der Waals surface area contributed by atoms with Crippen molar-refractivity contribution in [1.82, 2.24) is 10.6 Å². The van der Waals surface area contributed by atoms with Crippen molar-refractivity contribution >= 4 is 5.91 Å². The van der Waals surface area contributed by atoms with Gasteiger partial charge >= 0.3 is 0 Å². The molecule has 0 aromatic heterocycles. The molecule has 1 aliphatic heterocycles. The molecule has 2 aliphatic rings. The number of hydrogen-bond donors (Lipinski definition) is 2.